The topological polar surface area (TPSA) is 42.6 Å². The van der Waals surface area contributed by atoms with Crippen molar-refractivity contribution in [3.63, 3.8) is 0 Å². The third kappa shape index (κ3) is 3.54. The smallest absolute Gasteiger partial charge is 0.258 e. The molecule has 0 saturated carbocycles. The first kappa shape index (κ1) is 19.1. The van der Waals surface area contributed by atoms with Crippen molar-refractivity contribution in [3.05, 3.63) is 82.5 Å². The SMILES string of the molecule is CN(C)c1ccc(-c2ccc3n(c2=O)C[C@H]2C[C@@H]3C[NH+](Cc3ccccn3)C2)cc1. The Balaban J connectivity index is 1.41. The summed E-state index contributed by atoms with van der Waals surface area (Å²) in [5.41, 5.74) is 5.47. The molecule has 2 aliphatic heterocycles. The van der Waals surface area contributed by atoms with E-state index in [1.54, 1.807) is 4.90 Å². The normalized spacial score (nSPS) is 22.4. The molecular weight excluding hydrogens is 372 g/mol. The maximum atomic E-state index is 13.4. The van der Waals surface area contributed by atoms with E-state index >= 15 is 0 Å². The van der Waals surface area contributed by atoms with Gasteiger partial charge in [0.05, 0.1) is 18.8 Å². The van der Waals surface area contributed by atoms with Gasteiger partial charge in [-0.1, -0.05) is 18.2 Å². The highest BCUT2D eigenvalue weighted by Crippen LogP contribution is 2.31. The highest BCUT2D eigenvalue weighted by molar-refractivity contribution is 5.65. The van der Waals surface area contributed by atoms with E-state index in [4.69, 9.17) is 0 Å². The van der Waals surface area contributed by atoms with E-state index in [0.29, 0.717) is 11.8 Å². The first-order chi connectivity index (χ1) is 14.6. The molecule has 4 heterocycles. The summed E-state index contributed by atoms with van der Waals surface area (Å²) in [5.74, 6) is 1.01. The molecule has 2 aliphatic rings. The molecule has 5 nitrogen and oxygen atoms in total. The van der Waals surface area contributed by atoms with Gasteiger partial charge < -0.3 is 14.4 Å². The summed E-state index contributed by atoms with van der Waals surface area (Å²) >= 11 is 0. The van der Waals surface area contributed by atoms with Crippen LogP contribution in [0.1, 0.15) is 23.7 Å². The van der Waals surface area contributed by atoms with Gasteiger partial charge in [0.1, 0.15) is 6.54 Å². The molecule has 0 amide bonds. The first-order valence-electron chi connectivity index (χ1n) is 10.8. The molecule has 3 atom stereocenters. The number of rotatable bonds is 4. The van der Waals surface area contributed by atoms with Crippen LogP contribution < -0.4 is 15.4 Å². The maximum Gasteiger partial charge on any atom is 0.258 e. The summed E-state index contributed by atoms with van der Waals surface area (Å²) in [6.07, 6.45) is 3.07. The first-order valence-corrected chi connectivity index (χ1v) is 10.8. The van der Waals surface area contributed by atoms with Gasteiger partial charge in [0.15, 0.2) is 0 Å². The zero-order valence-electron chi connectivity index (χ0n) is 17.7. The molecule has 1 aromatic carbocycles. The van der Waals surface area contributed by atoms with Crippen molar-refractivity contribution in [3.8, 4) is 11.1 Å². The molecule has 1 N–H and O–H groups in total. The summed E-state index contributed by atoms with van der Waals surface area (Å²) in [6.45, 7) is 3.98. The minimum Gasteiger partial charge on any atom is -0.378 e. The number of likely N-dealkylation sites (tertiary alicyclic amines) is 1. The molecule has 5 heteroatoms. The highest BCUT2D eigenvalue weighted by atomic mass is 16.1. The highest BCUT2D eigenvalue weighted by Gasteiger charge is 2.37. The van der Waals surface area contributed by atoms with Crippen LogP contribution in [0, 0.1) is 5.92 Å². The second-order valence-corrected chi connectivity index (χ2v) is 8.98. The number of nitrogens with one attached hydrogen (secondary N) is 1. The fourth-order valence-electron chi connectivity index (χ4n) is 5.23. The van der Waals surface area contributed by atoms with Gasteiger partial charge in [-0.05, 0) is 48.4 Å². The average molecular weight is 402 g/mol. The minimum atomic E-state index is 0.160. The van der Waals surface area contributed by atoms with Crippen molar-refractivity contribution >= 4 is 5.69 Å². The molecule has 1 fully saturated rings. The quantitative estimate of drug-likeness (QED) is 0.729. The van der Waals surface area contributed by atoms with Crippen molar-refractivity contribution in [1.82, 2.24) is 9.55 Å². The summed E-state index contributed by atoms with van der Waals surface area (Å²) in [7, 11) is 4.06. The molecule has 1 unspecified atom stereocenters. The van der Waals surface area contributed by atoms with Gasteiger partial charge in [-0.2, -0.15) is 0 Å². The van der Waals surface area contributed by atoms with Crippen molar-refractivity contribution in [2.24, 2.45) is 5.92 Å². The van der Waals surface area contributed by atoms with Crippen LogP contribution in [0.25, 0.3) is 11.1 Å². The van der Waals surface area contributed by atoms with E-state index < -0.39 is 0 Å². The Kier molecular flexibility index (Phi) is 4.91. The number of quaternary nitrogens is 1. The third-order valence-electron chi connectivity index (χ3n) is 6.65. The van der Waals surface area contributed by atoms with Crippen LogP contribution in [-0.4, -0.2) is 36.7 Å². The van der Waals surface area contributed by atoms with E-state index in [1.165, 1.54) is 12.1 Å². The van der Waals surface area contributed by atoms with Crippen molar-refractivity contribution in [2.75, 3.05) is 32.1 Å². The maximum absolute atomic E-state index is 13.4. The predicted octanol–water partition coefficient (Wildman–Crippen LogP) is 2.18. The molecule has 0 radical (unpaired) electrons. The lowest BCUT2D eigenvalue weighted by Gasteiger charge is -2.40. The van der Waals surface area contributed by atoms with Gasteiger partial charge in [-0.15, -0.1) is 0 Å². The van der Waals surface area contributed by atoms with Crippen LogP contribution in [0.3, 0.4) is 0 Å². The Morgan fingerprint density at radius 3 is 2.63 bits per heavy atom. The number of aromatic nitrogens is 2. The summed E-state index contributed by atoms with van der Waals surface area (Å²) in [4.78, 5) is 21.5. The Hall–Kier alpha value is -2.92. The average Bonchev–Trinajstić information content (AvgIpc) is 2.75. The Morgan fingerprint density at radius 1 is 1.07 bits per heavy atom. The molecule has 1 saturated heterocycles. The van der Waals surface area contributed by atoms with Crippen LogP contribution in [0.2, 0.25) is 0 Å². The standard InChI is InChI=1S/C25H28N4O/c1-27(2)22-8-6-19(7-9-22)23-10-11-24-20-13-18(15-29(24)25(23)30)14-28(16-20)17-21-5-3-4-12-26-21/h3-12,18,20H,13-17H2,1-2H3/p+1/t18-,20+/m0/s1. The second kappa shape index (κ2) is 7.73. The van der Waals surface area contributed by atoms with E-state index in [2.05, 4.69) is 56.9 Å². The Bertz CT molecular complexity index is 1090. The Morgan fingerprint density at radius 2 is 1.90 bits per heavy atom. The van der Waals surface area contributed by atoms with E-state index in [9.17, 15) is 4.79 Å². The minimum absolute atomic E-state index is 0.160. The molecule has 5 rings (SSSR count). The lowest BCUT2D eigenvalue weighted by Crippen LogP contribution is -3.13. The van der Waals surface area contributed by atoms with E-state index in [-0.39, 0.29) is 5.56 Å². The lowest BCUT2D eigenvalue weighted by atomic mass is 9.82. The van der Waals surface area contributed by atoms with Crippen molar-refractivity contribution < 1.29 is 4.90 Å². The largest absolute Gasteiger partial charge is 0.378 e. The van der Waals surface area contributed by atoms with Gasteiger partial charge in [-0.25, -0.2) is 0 Å². The van der Waals surface area contributed by atoms with Crippen LogP contribution >= 0.6 is 0 Å². The van der Waals surface area contributed by atoms with Crippen LogP contribution in [0.5, 0.6) is 0 Å². The van der Waals surface area contributed by atoms with Crippen LogP contribution in [0.4, 0.5) is 5.69 Å². The summed E-state index contributed by atoms with van der Waals surface area (Å²) in [5, 5.41) is 0. The monoisotopic (exact) mass is 401 g/mol. The molecule has 3 aromatic rings. The lowest BCUT2D eigenvalue weighted by molar-refractivity contribution is -0.924. The number of nitrogens with zero attached hydrogens (tertiary/aromatic N) is 3. The summed E-state index contributed by atoms with van der Waals surface area (Å²) in [6, 6.07) is 18.6. The van der Waals surface area contributed by atoms with Gasteiger partial charge >= 0.3 is 0 Å². The zero-order chi connectivity index (χ0) is 20.7. The van der Waals surface area contributed by atoms with Gasteiger partial charge in [0, 0.05) is 55.6 Å². The fourth-order valence-corrected chi connectivity index (χ4v) is 5.23. The molecular formula is C25H29N4O+. The van der Waals surface area contributed by atoms with E-state index in [1.807, 2.05) is 32.4 Å². The zero-order valence-corrected chi connectivity index (χ0v) is 17.7. The molecule has 154 valence electrons. The number of benzene rings is 1. The third-order valence-corrected chi connectivity index (χ3v) is 6.65. The molecule has 0 aliphatic carbocycles. The van der Waals surface area contributed by atoms with Gasteiger partial charge in [0.25, 0.3) is 5.56 Å². The molecule has 2 bridgehead atoms. The number of pyridine rings is 2. The van der Waals surface area contributed by atoms with Crippen molar-refractivity contribution in [1.29, 1.82) is 0 Å². The van der Waals surface area contributed by atoms with Crippen LogP contribution in [0.15, 0.2) is 65.6 Å². The Labute approximate surface area is 177 Å². The number of anilines is 1. The van der Waals surface area contributed by atoms with Crippen molar-refractivity contribution in [2.45, 2.75) is 25.4 Å². The molecule has 2 aromatic heterocycles. The number of hydrogen-bond acceptors (Lipinski definition) is 3. The summed E-state index contributed by atoms with van der Waals surface area (Å²) < 4.78 is 2.06. The second-order valence-electron chi connectivity index (χ2n) is 8.98. The number of piperidine rings is 1. The number of fused-ring (bicyclic) bond motifs is 4. The van der Waals surface area contributed by atoms with Gasteiger partial charge in [-0.3, -0.25) is 9.78 Å². The predicted molar refractivity (Wildman–Crippen MR) is 120 cm³/mol. The molecule has 30 heavy (non-hydrogen) atoms. The van der Waals surface area contributed by atoms with Gasteiger partial charge in [0.2, 0.25) is 0 Å². The fraction of sp³-hybridized carbons (Fsp3) is 0.360. The van der Waals surface area contributed by atoms with Crippen LogP contribution in [-0.2, 0) is 13.1 Å². The molecule has 0 spiro atoms. The van der Waals surface area contributed by atoms with E-state index in [0.717, 1.165) is 48.7 Å². The number of hydrogen-bond donors (Lipinski definition) is 1.